The Morgan fingerprint density at radius 2 is 0.576 bits per heavy atom. The summed E-state index contributed by atoms with van der Waals surface area (Å²) in [5.41, 5.74) is 0. The Morgan fingerprint density at radius 1 is 0.364 bits per heavy atom. The SMILES string of the molecule is C[N+](C)(CC[N+](C)(CC[N+](C)(C)CC(O)COCC(F)(F)C(F)(F)C(F)(F)C(F)F)CC(O)COCC(F)(F)C(F)(F)C(F)(F)C(F)F)CC(O)COCC(F)(F)C(F)(F)C(F)(F)C(F)F. The molecule has 0 aliphatic heterocycles. The van der Waals surface area contributed by atoms with Crippen LogP contribution in [0.15, 0.2) is 0 Å². The zero-order chi connectivity index (χ0) is 52.8. The first kappa shape index (κ1) is 64.0. The van der Waals surface area contributed by atoms with Crippen LogP contribution in [-0.2, 0) is 14.2 Å². The van der Waals surface area contributed by atoms with Crippen LogP contribution in [0, 0.1) is 0 Å². The summed E-state index contributed by atoms with van der Waals surface area (Å²) in [6, 6.07) is 0. The van der Waals surface area contributed by atoms with E-state index in [2.05, 4.69) is 14.2 Å². The smallest absolute Gasteiger partial charge is 0.380 e. The summed E-state index contributed by atoms with van der Waals surface area (Å²) < 4.78 is 329. The monoisotopic (exact) mass is 1040 g/mol. The molecule has 33 heteroatoms. The third-order valence-corrected chi connectivity index (χ3v) is 9.79. The second-order valence-electron chi connectivity index (χ2n) is 17.0. The zero-order valence-electron chi connectivity index (χ0n) is 35.1. The number of ether oxygens (including phenoxy) is 3. The molecule has 0 aliphatic rings. The molecule has 3 N–H and O–H groups in total. The van der Waals surface area contributed by atoms with E-state index in [-0.39, 0.29) is 26.2 Å². The van der Waals surface area contributed by atoms with Crippen molar-refractivity contribution in [2.45, 2.75) is 90.9 Å². The van der Waals surface area contributed by atoms with Gasteiger partial charge < -0.3 is 43.0 Å². The minimum Gasteiger partial charge on any atom is -0.385 e. The lowest BCUT2D eigenvalue weighted by Gasteiger charge is -2.42. The molecule has 0 aromatic rings. The largest absolute Gasteiger partial charge is 0.385 e. The average Bonchev–Trinajstić information content (AvgIpc) is 3.12. The van der Waals surface area contributed by atoms with E-state index in [9.17, 15) is 121 Å². The highest BCUT2D eigenvalue weighted by Gasteiger charge is 2.77. The van der Waals surface area contributed by atoms with Gasteiger partial charge in [0.05, 0.1) is 55.1 Å². The summed E-state index contributed by atoms with van der Waals surface area (Å²) in [5, 5.41) is 31.3. The Hall–Kier alpha value is -2.04. The Morgan fingerprint density at radius 3 is 0.788 bits per heavy atom. The summed E-state index contributed by atoms with van der Waals surface area (Å²) in [6.07, 6.45) is -21.5. The Bertz CT molecular complexity index is 1400. The van der Waals surface area contributed by atoms with Gasteiger partial charge in [-0.15, -0.1) is 0 Å². The summed E-state index contributed by atoms with van der Waals surface area (Å²) in [6.45, 7) is -14.7. The van der Waals surface area contributed by atoms with E-state index < -0.39 is 164 Å². The number of hydrogen-bond acceptors (Lipinski definition) is 6. The first-order valence-corrected chi connectivity index (χ1v) is 18.5. The molecule has 0 fully saturated rings. The van der Waals surface area contributed by atoms with Crippen LogP contribution >= 0.6 is 0 Å². The van der Waals surface area contributed by atoms with Gasteiger partial charge in [0.15, 0.2) is 0 Å². The summed E-state index contributed by atoms with van der Waals surface area (Å²) in [4.78, 5) is 0. The van der Waals surface area contributed by atoms with Crippen LogP contribution in [0.4, 0.5) is 105 Å². The summed E-state index contributed by atoms with van der Waals surface area (Å²) >= 11 is 0. The molecule has 0 saturated heterocycles. The zero-order valence-corrected chi connectivity index (χ0v) is 35.1. The summed E-state index contributed by atoms with van der Waals surface area (Å²) in [7, 11) is 6.44. The van der Waals surface area contributed by atoms with E-state index in [0.29, 0.717) is 0 Å². The molecular formula is C33H50F24N3O6+3. The van der Waals surface area contributed by atoms with Gasteiger partial charge in [0, 0.05) is 0 Å². The molecule has 0 radical (unpaired) electrons. The van der Waals surface area contributed by atoms with Crippen molar-refractivity contribution < 1.29 is 148 Å². The standard InChI is InChI=1S/C33H50F24N3O6/c1-58(2,10-19(61)13-64-16-25(40,41)31(52,53)28(46,47)22(34)35)6-8-60(5,12-21(63)15-66-18-27(44,45)33(56,57)30(50,51)24(38)39)9-7-59(3,4)11-20(62)14-65-17-26(42,43)32(54,55)29(48,49)23(36)37/h19-24,61-63H,6-18H2,1-5H3/q+3. The number of nitrogens with zero attached hydrogens (tertiary/aromatic N) is 3. The molecule has 66 heavy (non-hydrogen) atoms. The predicted octanol–water partition coefficient (Wildman–Crippen LogP) is 6.23. The van der Waals surface area contributed by atoms with Crippen molar-refractivity contribution in [1.29, 1.82) is 0 Å². The molecule has 0 bridgehead atoms. The van der Waals surface area contributed by atoms with Crippen molar-refractivity contribution in [1.82, 2.24) is 0 Å². The highest BCUT2D eigenvalue weighted by molar-refractivity contribution is 4.99. The topological polar surface area (TPSA) is 88.4 Å². The van der Waals surface area contributed by atoms with Gasteiger partial charge in [0.25, 0.3) is 0 Å². The molecule has 0 aromatic heterocycles. The van der Waals surface area contributed by atoms with Gasteiger partial charge in [-0.3, -0.25) is 0 Å². The number of hydrogen-bond donors (Lipinski definition) is 3. The predicted molar refractivity (Wildman–Crippen MR) is 177 cm³/mol. The van der Waals surface area contributed by atoms with Gasteiger partial charge in [-0.1, -0.05) is 0 Å². The molecule has 398 valence electrons. The lowest BCUT2D eigenvalue weighted by Crippen LogP contribution is -2.61. The van der Waals surface area contributed by atoms with Gasteiger partial charge in [-0.05, 0) is 0 Å². The van der Waals surface area contributed by atoms with Crippen molar-refractivity contribution >= 4 is 0 Å². The Labute approximate surface area is 360 Å². The van der Waals surface area contributed by atoms with Gasteiger partial charge in [0.2, 0.25) is 0 Å². The number of rotatable bonds is 33. The van der Waals surface area contributed by atoms with E-state index >= 15 is 0 Å². The molecule has 3 atom stereocenters. The number of quaternary nitrogens is 3. The first-order valence-electron chi connectivity index (χ1n) is 18.5. The molecule has 0 saturated carbocycles. The number of alkyl halides is 24. The third-order valence-electron chi connectivity index (χ3n) is 9.79. The molecule has 0 aliphatic carbocycles. The first-order chi connectivity index (χ1) is 29.0. The molecule has 0 amide bonds. The Balaban J connectivity index is 6.07. The van der Waals surface area contributed by atoms with Gasteiger partial charge in [-0.25, -0.2) is 26.3 Å². The van der Waals surface area contributed by atoms with E-state index in [1.165, 1.54) is 35.2 Å². The fraction of sp³-hybridized carbons (Fsp3) is 1.00. The third kappa shape index (κ3) is 16.0. The van der Waals surface area contributed by atoms with Crippen LogP contribution in [0.25, 0.3) is 0 Å². The van der Waals surface area contributed by atoms with Crippen molar-refractivity contribution in [2.24, 2.45) is 0 Å². The fourth-order valence-corrected chi connectivity index (χ4v) is 5.69. The molecule has 0 spiro atoms. The van der Waals surface area contributed by atoms with E-state index in [4.69, 9.17) is 0 Å². The lowest BCUT2D eigenvalue weighted by atomic mass is 10.1. The fourth-order valence-electron chi connectivity index (χ4n) is 5.69. The van der Waals surface area contributed by atoms with Crippen molar-refractivity contribution in [3.05, 3.63) is 0 Å². The van der Waals surface area contributed by atoms with Crippen molar-refractivity contribution in [3.8, 4) is 0 Å². The highest BCUT2D eigenvalue weighted by atomic mass is 19.4. The molecule has 3 unspecified atom stereocenters. The van der Waals surface area contributed by atoms with Crippen LogP contribution in [0.3, 0.4) is 0 Å². The van der Waals surface area contributed by atoms with E-state index in [1.807, 2.05) is 0 Å². The van der Waals surface area contributed by atoms with Crippen LogP contribution in [0.1, 0.15) is 0 Å². The van der Waals surface area contributed by atoms with Crippen LogP contribution in [0.5, 0.6) is 0 Å². The second-order valence-corrected chi connectivity index (χ2v) is 17.0. The van der Waals surface area contributed by atoms with E-state index in [0.717, 1.165) is 0 Å². The number of aliphatic hydroxyl groups excluding tert-OH is 3. The number of likely N-dealkylation sites (N-methyl/N-ethyl adjacent to an activating group) is 3. The number of halogens is 24. The molecule has 0 heterocycles. The maximum Gasteiger partial charge on any atom is 0.380 e. The van der Waals surface area contributed by atoms with Crippen LogP contribution in [-0.4, -0.2) is 240 Å². The molecule has 9 nitrogen and oxygen atoms in total. The maximum atomic E-state index is 14.0. The van der Waals surface area contributed by atoms with Gasteiger partial charge in [-0.2, -0.15) is 79.0 Å². The minimum atomic E-state index is -6.67. The van der Waals surface area contributed by atoms with Crippen LogP contribution < -0.4 is 0 Å². The summed E-state index contributed by atoms with van der Waals surface area (Å²) in [5.74, 6) is -57.2. The second kappa shape index (κ2) is 22.4. The maximum absolute atomic E-state index is 14.0. The molecule has 0 rings (SSSR count). The van der Waals surface area contributed by atoms with E-state index in [1.54, 1.807) is 0 Å². The molecular weight excluding hydrogens is 990 g/mol. The van der Waals surface area contributed by atoms with Crippen molar-refractivity contribution in [2.75, 3.05) is 121 Å². The normalized spacial score (nSPS) is 17.5. The van der Waals surface area contributed by atoms with Gasteiger partial charge in [0.1, 0.15) is 83.9 Å². The lowest BCUT2D eigenvalue weighted by molar-refractivity contribution is -0.979. The van der Waals surface area contributed by atoms with Crippen LogP contribution in [0.2, 0.25) is 0 Å². The molecule has 0 aromatic carbocycles. The quantitative estimate of drug-likeness (QED) is 0.0535. The number of aliphatic hydroxyl groups is 3. The van der Waals surface area contributed by atoms with Gasteiger partial charge >= 0.3 is 72.6 Å². The average molecular weight is 1040 g/mol. The van der Waals surface area contributed by atoms with Crippen molar-refractivity contribution in [3.63, 3.8) is 0 Å². The highest BCUT2D eigenvalue weighted by Crippen LogP contribution is 2.51. The Kier molecular flexibility index (Phi) is 21.7. The minimum absolute atomic E-state index is 0.240.